The Kier molecular flexibility index (Phi) is 14.1. The Morgan fingerprint density at radius 1 is 0.417 bits per heavy atom. The Morgan fingerprint density at radius 3 is 0.854 bits per heavy atom. The smallest absolute Gasteiger partial charge is 0.112 e. The van der Waals surface area contributed by atoms with Crippen molar-refractivity contribution in [3.05, 3.63) is 192 Å². The average Bonchev–Trinajstić information content (AvgIpc) is 3.11. The highest BCUT2D eigenvalue weighted by atomic mass is 14.7. The van der Waals surface area contributed by atoms with Gasteiger partial charge in [-0.15, -0.1) is 26.3 Å². The maximum absolute atomic E-state index is 7.26. The Bertz CT molecular complexity index is 1360. The first-order valence-electron chi connectivity index (χ1n) is 17.4. The van der Waals surface area contributed by atoms with Crippen molar-refractivity contribution in [2.45, 2.75) is 74.9 Å². The van der Waals surface area contributed by atoms with Crippen LogP contribution in [0, 0.1) is 0 Å². The molecule has 4 aromatic rings. The molecule has 0 aliphatic rings. The lowest BCUT2D eigenvalue weighted by Gasteiger charge is -2.32. The van der Waals surface area contributed by atoms with Gasteiger partial charge in [0.15, 0.2) is 0 Å². The van der Waals surface area contributed by atoms with E-state index in [0.717, 1.165) is 86.1 Å². The molecule has 48 heavy (non-hydrogen) atoms. The van der Waals surface area contributed by atoms with E-state index in [1.807, 2.05) is 24.3 Å². The molecule has 0 fully saturated rings. The minimum absolute atomic E-state index is 0.590. The molecule has 0 unspecified atom stereocenters. The molecular formula is C44H52B2N2. The van der Waals surface area contributed by atoms with E-state index >= 15 is 0 Å². The van der Waals surface area contributed by atoms with Crippen molar-refractivity contribution in [1.82, 2.24) is 0 Å². The molecule has 2 radical (unpaired) electrons. The van der Waals surface area contributed by atoms with Crippen molar-refractivity contribution in [3.8, 4) is 0 Å². The van der Waals surface area contributed by atoms with Crippen LogP contribution in [0.1, 0.15) is 57.3 Å². The normalized spacial score (nSPS) is 11.5. The highest BCUT2D eigenvalue weighted by Gasteiger charge is 2.30. The molecule has 0 aromatic heterocycles. The average molecular weight is 631 g/mol. The third kappa shape index (κ3) is 9.72. The molecule has 4 N–H and O–H groups in total. The van der Waals surface area contributed by atoms with Crippen molar-refractivity contribution in [1.29, 1.82) is 0 Å². The quantitative estimate of drug-likeness (QED) is 0.0548. The van der Waals surface area contributed by atoms with Gasteiger partial charge in [-0.25, -0.2) is 0 Å². The molecule has 0 heterocycles. The summed E-state index contributed by atoms with van der Waals surface area (Å²) in [5.41, 5.74) is 22.8. The van der Waals surface area contributed by atoms with Crippen LogP contribution < -0.4 is 11.5 Å². The van der Waals surface area contributed by atoms with Crippen LogP contribution in [0.3, 0.4) is 0 Å². The van der Waals surface area contributed by atoms with Gasteiger partial charge in [0.25, 0.3) is 0 Å². The van der Waals surface area contributed by atoms with Crippen LogP contribution in [0.25, 0.3) is 0 Å². The summed E-state index contributed by atoms with van der Waals surface area (Å²) in [4.78, 5) is 0. The fraction of sp³-hybridized carbons (Fsp3) is 0.273. The standard InChI is InChI=1S/C44H52B2N2/c1-5-11-35-15-23-39(24-16-35)43(47,40-25-17-36(12-6-2)18-26-40)33-45-31-9-10-32-46-34-44(48,41-27-19-37(13-7-3)20-28-41)42-29-21-38(14-8-4)22-30-42/h5-8,15-30H,1-4,9-14,31-34,47-48H2. The van der Waals surface area contributed by atoms with Gasteiger partial charge in [-0.1, -0.05) is 159 Å². The molecule has 244 valence electrons. The summed E-state index contributed by atoms with van der Waals surface area (Å²) in [7, 11) is 4.75. The zero-order valence-corrected chi connectivity index (χ0v) is 28.8. The van der Waals surface area contributed by atoms with Gasteiger partial charge in [0.1, 0.15) is 14.6 Å². The summed E-state index contributed by atoms with van der Waals surface area (Å²) in [5, 5.41) is 0. The number of benzene rings is 4. The lowest BCUT2D eigenvalue weighted by Crippen LogP contribution is -2.39. The lowest BCUT2D eigenvalue weighted by atomic mass is 9.58. The molecule has 0 spiro atoms. The summed E-state index contributed by atoms with van der Waals surface area (Å²) >= 11 is 0. The van der Waals surface area contributed by atoms with Crippen LogP contribution >= 0.6 is 0 Å². The van der Waals surface area contributed by atoms with Crippen LogP contribution in [0.4, 0.5) is 0 Å². The van der Waals surface area contributed by atoms with E-state index in [9.17, 15) is 0 Å². The fourth-order valence-electron chi connectivity index (χ4n) is 6.46. The fourth-order valence-corrected chi connectivity index (χ4v) is 6.46. The SMILES string of the molecule is C=CCc1ccc(C(N)(C[B]CCCC[B]CC(N)(c2ccc(CC=C)cc2)c2ccc(CC=C)cc2)c2ccc(CC=C)cc2)cc1. The largest absolute Gasteiger partial charge is 0.318 e. The van der Waals surface area contributed by atoms with Crippen molar-refractivity contribution >= 4 is 14.6 Å². The third-order valence-electron chi connectivity index (χ3n) is 9.40. The first-order chi connectivity index (χ1) is 23.4. The predicted octanol–water partition coefficient (Wildman–Crippen LogP) is 9.57. The minimum Gasteiger partial charge on any atom is -0.318 e. The van der Waals surface area contributed by atoms with Gasteiger partial charge in [-0.05, 0) is 70.2 Å². The van der Waals surface area contributed by atoms with E-state index in [0.29, 0.717) is 0 Å². The highest BCUT2D eigenvalue weighted by molar-refractivity contribution is 6.36. The molecule has 0 saturated heterocycles. The van der Waals surface area contributed by atoms with Gasteiger partial charge in [-0.3, -0.25) is 0 Å². The van der Waals surface area contributed by atoms with Crippen molar-refractivity contribution in [2.75, 3.05) is 0 Å². The molecule has 0 atom stereocenters. The van der Waals surface area contributed by atoms with Gasteiger partial charge in [0.05, 0.1) is 11.1 Å². The third-order valence-corrected chi connectivity index (χ3v) is 9.40. The first-order valence-corrected chi connectivity index (χ1v) is 17.4. The zero-order valence-electron chi connectivity index (χ0n) is 28.8. The van der Waals surface area contributed by atoms with Crippen LogP contribution in [0.5, 0.6) is 0 Å². The molecule has 4 heteroatoms. The molecule has 0 saturated carbocycles. The van der Waals surface area contributed by atoms with Crippen LogP contribution in [-0.4, -0.2) is 14.6 Å². The molecule has 4 rings (SSSR count). The van der Waals surface area contributed by atoms with Gasteiger partial charge in [0, 0.05) is 0 Å². The number of nitrogens with two attached hydrogens (primary N) is 2. The van der Waals surface area contributed by atoms with Crippen molar-refractivity contribution in [3.63, 3.8) is 0 Å². The maximum atomic E-state index is 7.26. The molecule has 0 aliphatic heterocycles. The van der Waals surface area contributed by atoms with E-state index in [-0.39, 0.29) is 0 Å². The number of unbranched alkanes of at least 4 members (excludes halogenated alkanes) is 1. The second-order valence-electron chi connectivity index (χ2n) is 13.0. The summed E-state index contributed by atoms with van der Waals surface area (Å²) in [6.45, 7) is 15.5. The van der Waals surface area contributed by atoms with Crippen LogP contribution in [0.2, 0.25) is 25.3 Å². The van der Waals surface area contributed by atoms with E-state index < -0.39 is 11.1 Å². The minimum atomic E-state index is -0.590. The second kappa shape index (κ2) is 18.4. The van der Waals surface area contributed by atoms with Gasteiger partial charge in [0.2, 0.25) is 0 Å². The summed E-state index contributed by atoms with van der Waals surface area (Å²) in [6, 6.07) is 34.8. The van der Waals surface area contributed by atoms with Crippen LogP contribution in [0.15, 0.2) is 148 Å². The molecule has 4 aromatic carbocycles. The number of hydrogen-bond donors (Lipinski definition) is 2. The molecular weight excluding hydrogens is 578 g/mol. The van der Waals surface area contributed by atoms with Gasteiger partial charge >= 0.3 is 0 Å². The second-order valence-corrected chi connectivity index (χ2v) is 13.0. The van der Waals surface area contributed by atoms with Crippen LogP contribution in [-0.2, 0) is 36.8 Å². The Balaban J connectivity index is 1.36. The summed E-state index contributed by atoms with van der Waals surface area (Å²) in [5.74, 6) is 0. The first kappa shape index (κ1) is 36.7. The highest BCUT2D eigenvalue weighted by Crippen LogP contribution is 2.34. The van der Waals surface area contributed by atoms with Gasteiger partial charge < -0.3 is 11.5 Å². The van der Waals surface area contributed by atoms with Crippen molar-refractivity contribution < 1.29 is 0 Å². The molecule has 0 bridgehead atoms. The lowest BCUT2D eigenvalue weighted by molar-refractivity contribution is 0.596. The summed E-state index contributed by atoms with van der Waals surface area (Å²) < 4.78 is 0. The maximum Gasteiger partial charge on any atom is 0.112 e. The topological polar surface area (TPSA) is 52.0 Å². The monoisotopic (exact) mass is 630 g/mol. The predicted molar refractivity (Wildman–Crippen MR) is 211 cm³/mol. The Hall–Kier alpha value is -4.11. The number of hydrogen-bond acceptors (Lipinski definition) is 2. The molecule has 0 amide bonds. The Labute approximate surface area is 292 Å². The summed E-state index contributed by atoms with van der Waals surface area (Å²) in [6.07, 6.45) is 16.9. The number of allylic oxidation sites excluding steroid dienone is 4. The van der Waals surface area contributed by atoms with E-state index in [1.54, 1.807) is 0 Å². The zero-order chi connectivity index (χ0) is 34.2. The van der Waals surface area contributed by atoms with Crippen molar-refractivity contribution in [2.24, 2.45) is 11.5 Å². The number of rotatable bonds is 21. The molecule has 0 aliphatic carbocycles. The van der Waals surface area contributed by atoms with E-state index in [4.69, 9.17) is 11.5 Å². The molecule has 2 nitrogen and oxygen atoms in total. The Morgan fingerprint density at radius 2 is 0.646 bits per heavy atom. The van der Waals surface area contributed by atoms with E-state index in [2.05, 4.69) is 138 Å². The van der Waals surface area contributed by atoms with E-state index in [1.165, 1.54) is 22.3 Å². The van der Waals surface area contributed by atoms with Gasteiger partial charge in [-0.2, -0.15) is 0 Å².